The summed E-state index contributed by atoms with van der Waals surface area (Å²) in [7, 11) is 0. The highest BCUT2D eigenvalue weighted by atomic mass is 16.5. The lowest BCUT2D eigenvalue weighted by Gasteiger charge is -2.37. The Morgan fingerprint density at radius 2 is 1.82 bits per heavy atom. The van der Waals surface area contributed by atoms with Crippen molar-refractivity contribution in [2.24, 2.45) is 0 Å². The van der Waals surface area contributed by atoms with E-state index in [4.69, 9.17) is 4.74 Å². The highest BCUT2D eigenvalue weighted by Gasteiger charge is 2.21. The maximum atomic E-state index is 11.5. The zero-order valence-corrected chi connectivity index (χ0v) is 17.0. The second-order valence-electron chi connectivity index (χ2n) is 7.56. The fourth-order valence-electron chi connectivity index (χ4n) is 3.60. The van der Waals surface area contributed by atoms with Crippen LogP contribution in [0, 0.1) is 13.8 Å². The summed E-state index contributed by atoms with van der Waals surface area (Å²) in [5.41, 5.74) is 4.60. The Morgan fingerprint density at radius 1 is 1.11 bits per heavy atom. The van der Waals surface area contributed by atoms with Crippen LogP contribution in [-0.2, 0) is 0 Å². The van der Waals surface area contributed by atoms with Crippen LogP contribution in [0.1, 0.15) is 28.4 Å². The number of hydrogen-bond acceptors (Lipinski definition) is 5. The number of ether oxygens (including phenoxy) is 1. The van der Waals surface area contributed by atoms with Crippen LogP contribution in [0.25, 0.3) is 0 Å². The van der Waals surface area contributed by atoms with Gasteiger partial charge in [-0.2, -0.15) is 0 Å². The fourth-order valence-corrected chi connectivity index (χ4v) is 3.60. The Kier molecular flexibility index (Phi) is 6.70. The third kappa shape index (κ3) is 5.12. The molecule has 1 atom stereocenters. The van der Waals surface area contributed by atoms with Gasteiger partial charge in [0.1, 0.15) is 18.5 Å². The molecule has 0 aromatic heterocycles. The zero-order chi connectivity index (χ0) is 20.1. The Balaban J connectivity index is 1.46. The average Bonchev–Trinajstić information content (AvgIpc) is 2.69. The Labute approximate surface area is 167 Å². The van der Waals surface area contributed by atoms with Crippen molar-refractivity contribution < 1.29 is 14.6 Å². The van der Waals surface area contributed by atoms with E-state index in [1.54, 1.807) is 18.2 Å². The first-order valence-electron chi connectivity index (χ1n) is 9.89. The maximum absolute atomic E-state index is 11.5. The van der Waals surface area contributed by atoms with Crippen molar-refractivity contribution in [3.8, 4) is 5.75 Å². The normalized spacial score (nSPS) is 16.1. The summed E-state index contributed by atoms with van der Waals surface area (Å²) in [4.78, 5) is 16.2. The molecule has 0 spiro atoms. The molecule has 0 unspecified atom stereocenters. The molecule has 5 nitrogen and oxygen atoms in total. The van der Waals surface area contributed by atoms with E-state index in [1.165, 1.54) is 23.7 Å². The summed E-state index contributed by atoms with van der Waals surface area (Å²) in [6, 6.07) is 13.5. The molecule has 1 aliphatic heterocycles. The number of rotatable bonds is 7. The molecule has 150 valence electrons. The second-order valence-corrected chi connectivity index (χ2v) is 7.56. The van der Waals surface area contributed by atoms with Crippen molar-refractivity contribution in [3.05, 3.63) is 59.2 Å². The first-order valence-corrected chi connectivity index (χ1v) is 9.89. The standard InChI is InChI=1S/C23H30N2O3/c1-17-6-4-9-23(18(17)2)25-12-10-24(11-13-25)15-21(27)16-28-22-8-5-7-20(14-22)19(3)26/h4-9,14,21,27H,10-13,15-16H2,1-3H3/t21-/m1/s1. The third-order valence-electron chi connectivity index (χ3n) is 5.44. The molecule has 3 rings (SSSR count). The topological polar surface area (TPSA) is 53.0 Å². The minimum Gasteiger partial charge on any atom is -0.491 e. The maximum Gasteiger partial charge on any atom is 0.159 e. The lowest BCUT2D eigenvalue weighted by molar-refractivity contribution is 0.0662. The van der Waals surface area contributed by atoms with Gasteiger partial charge in [-0.15, -0.1) is 0 Å². The molecule has 0 amide bonds. The van der Waals surface area contributed by atoms with Crippen molar-refractivity contribution in [3.63, 3.8) is 0 Å². The zero-order valence-electron chi connectivity index (χ0n) is 17.0. The minimum absolute atomic E-state index is 0.00714. The monoisotopic (exact) mass is 382 g/mol. The van der Waals surface area contributed by atoms with Crippen LogP contribution in [-0.4, -0.2) is 61.2 Å². The van der Waals surface area contributed by atoms with Crippen LogP contribution in [0.15, 0.2) is 42.5 Å². The lowest BCUT2D eigenvalue weighted by atomic mass is 10.1. The highest BCUT2D eigenvalue weighted by molar-refractivity contribution is 5.94. The Bertz CT molecular complexity index is 813. The van der Waals surface area contributed by atoms with E-state index >= 15 is 0 Å². The summed E-state index contributed by atoms with van der Waals surface area (Å²) in [6.07, 6.45) is -0.562. The highest BCUT2D eigenvalue weighted by Crippen LogP contribution is 2.24. The van der Waals surface area contributed by atoms with E-state index in [0.29, 0.717) is 17.9 Å². The third-order valence-corrected chi connectivity index (χ3v) is 5.44. The summed E-state index contributed by atoms with van der Waals surface area (Å²) in [5, 5.41) is 10.4. The molecule has 0 saturated carbocycles. The molecule has 1 aliphatic rings. The van der Waals surface area contributed by atoms with Crippen LogP contribution in [0.2, 0.25) is 0 Å². The molecule has 1 saturated heterocycles. The number of piperazine rings is 1. The summed E-state index contributed by atoms with van der Waals surface area (Å²) in [5.74, 6) is 0.624. The average molecular weight is 383 g/mol. The molecule has 0 bridgehead atoms. The molecule has 0 radical (unpaired) electrons. The van der Waals surface area contributed by atoms with Crippen LogP contribution < -0.4 is 9.64 Å². The quantitative estimate of drug-likeness (QED) is 0.746. The van der Waals surface area contributed by atoms with Gasteiger partial charge in [-0.3, -0.25) is 9.69 Å². The van der Waals surface area contributed by atoms with Crippen LogP contribution in [0.5, 0.6) is 5.75 Å². The number of ketones is 1. The molecule has 1 fully saturated rings. The first kappa shape index (κ1) is 20.4. The van der Waals surface area contributed by atoms with Gasteiger partial charge in [-0.1, -0.05) is 24.3 Å². The van der Waals surface area contributed by atoms with E-state index in [-0.39, 0.29) is 12.4 Å². The number of carbonyl (C=O) groups is 1. The van der Waals surface area contributed by atoms with Crippen molar-refractivity contribution in [2.45, 2.75) is 26.9 Å². The van der Waals surface area contributed by atoms with E-state index in [0.717, 1.165) is 26.2 Å². The van der Waals surface area contributed by atoms with E-state index < -0.39 is 6.10 Å². The predicted molar refractivity (Wildman–Crippen MR) is 113 cm³/mol. The molecule has 0 aliphatic carbocycles. The van der Waals surface area contributed by atoms with Gasteiger partial charge in [-0.25, -0.2) is 0 Å². The fraction of sp³-hybridized carbons (Fsp3) is 0.435. The molecule has 1 heterocycles. The molecule has 2 aromatic carbocycles. The van der Waals surface area contributed by atoms with Gasteiger partial charge in [-0.05, 0) is 50.1 Å². The van der Waals surface area contributed by atoms with Crippen molar-refractivity contribution in [1.82, 2.24) is 4.90 Å². The molecular weight excluding hydrogens is 352 g/mol. The van der Waals surface area contributed by atoms with Crippen LogP contribution >= 0.6 is 0 Å². The smallest absolute Gasteiger partial charge is 0.159 e. The SMILES string of the molecule is CC(=O)c1cccc(OC[C@H](O)CN2CCN(c3cccc(C)c3C)CC2)c1. The van der Waals surface area contributed by atoms with Crippen molar-refractivity contribution >= 4 is 11.5 Å². The van der Waals surface area contributed by atoms with Gasteiger partial charge in [0.25, 0.3) is 0 Å². The van der Waals surface area contributed by atoms with Gasteiger partial charge < -0.3 is 14.7 Å². The van der Waals surface area contributed by atoms with E-state index in [9.17, 15) is 9.90 Å². The minimum atomic E-state index is -0.562. The molecule has 5 heteroatoms. The Morgan fingerprint density at radius 3 is 2.54 bits per heavy atom. The molecule has 28 heavy (non-hydrogen) atoms. The molecule has 2 aromatic rings. The van der Waals surface area contributed by atoms with Crippen LogP contribution in [0.3, 0.4) is 0 Å². The number of aliphatic hydroxyl groups is 1. The summed E-state index contributed by atoms with van der Waals surface area (Å²) in [6.45, 7) is 10.4. The molecular formula is C23H30N2O3. The predicted octanol–water partition coefficient (Wildman–Crippen LogP) is 3.07. The number of nitrogens with zero attached hydrogens (tertiary/aromatic N) is 2. The number of β-amino-alcohol motifs (C(OH)–C–C–N with tert-alkyl or cyclic N) is 1. The van der Waals surface area contributed by atoms with E-state index in [2.05, 4.69) is 41.8 Å². The summed E-state index contributed by atoms with van der Waals surface area (Å²) < 4.78 is 5.68. The van der Waals surface area contributed by atoms with Crippen molar-refractivity contribution in [1.29, 1.82) is 0 Å². The largest absolute Gasteiger partial charge is 0.491 e. The number of carbonyl (C=O) groups excluding carboxylic acids is 1. The Hall–Kier alpha value is -2.37. The number of benzene rings is 2. The number of hydrogen-bond donors (Lipinski definition) is 1. The van der Waals surface area contributed by atoms with Gasteiger partial charge >= 0.3 is 0 Å². The number of aliphatic hydroxyl groups excluding tert-OH is 1. The van der Waals surface area contributed by atoms with Crippen LogP contribution in [0.4, 0.5) is 5.69 Å². The number of anilines is 1. The second kappa shape index (κ2) is 9.22. The lowest BCUT2D eigenvalue weighted by Crippen LogP contribution is -2.49. The van der Waals surface area contributed by atoms with Gasteiger partial charge in [0.2, 0.25) is 0 Å². The van der Waals surface area contributed by atoms with E-state index in [1.807, 2.05) is 6.07 Å². The number of Topliss-reactive ketones (excluding diaryl/α,β-unsaturated/α-hetero) is 1. The number of aryl methyl sites for hydroxylation is 1. The van der Waals surface area contributed by atoms with Gasteiger partial charge in [0.05, 0.1) is 0 Å². The van der Waals surface area contributed by atoms with Crippen molar-refractivity contribution in [2.75, 3.05) is 44.2 Å². The first-order chi connectivity index (χ1) is 13.4. The van der Waals surface area contributed by atoms with Gasteiger partial charge in [0, 0.05) is 44.0 Å². The molecule has 1 N–H and O–H groups in total. The van der Waals surface area contributed by atoms with Gasteiger partial charge in [0.15, 0.2) is 5.78 Å². The summed E-state index contributed by atoms with van der Waals surface area (Å²) >= 11 is 0.